The fraction of sp³-hybridized carbons (Fsp3) is 0.632. The van der Waals surface area contributed by atoms with Crippen LogP contribution in [0.1, 0.15) is 54.4 Å². The van der Waals surface area contributed by atoms with Crippen molar-refractivity contribution in [2.75, 3.05) is 19.6 Å². The number of rotatable bonds is 2. The van der Waals surface area contributed by atoms with Gasteiger partial charge in [0.1, 0.15) is 0 Å². The quantitative estimate of drug-likeness (QED) is 0.884. The molecule has 1 aromatic carbocycles. The smallest absolute Gasteiger partial charge is 0.306 e. The van der Waals surface area contributed by atoms with E-state index in [1.807, 2.05) is 31.2 Å². The molecular formula is C19H35N3O. The standard InChI is InChI=1S/C9H10N2O.C8H17N.2CH4/c1-2-11-8-6-4-3-5-7(8)10-9(11)12;1-2-9-7-5-3-4-6-8-9;;/h3-6H,2H2,1H3,(H,10,12);2-8H2,1H3;2*1H4. The molecule has 1 fully saturated rings. The molecule has 1 saturated heterocycles. The molecule has 2 heterocycles. The van der Waals surface area contributed by atoms with E-state index < -0.39 is 0 Å². The van der Waals surface area contributed by atoms with Crippen LogP contribution in [0, 0.1) is 0 Å². The Balaban J connectivity index is 0.000000401. The monoisotopic (exact) mass is 321 g/mol. The van der Waals surface area contributed by atoms with Crippen molar-refractivity contribution < 1.29 is 0 Å². The highest BCUT2D eigenvalue weighted by Crippen LogP contribution is 2.08. The summed E-state index contributed by atoms with van der Waals surface area (Å²) in [5, 5.41) is 0. The third-order valence-electron chi connectivity index (χ3n) is 4.14. The Morgan fingerprint density at radius 3 is 2.13 bits per heavy atom. The maximum absolute atomic E-state index is 11.3. The fourth-order valence-electron chi connectivity index (χ4n) is 2.87. The topological polar surface area (TPSA) is 41.0 Å². The van der Waals surface area contributed by atoms with E-state index in [9.17, 15) is 4.79 Å². The molecule has 1 aromatic heterocycles. The number of para-hydroxylation sites is 2. The number of nitrogens with zero attached hydrogens (tertiary/aromatic N) is 2. The van der Waals surface area contributed by atoms with Crippen molar-refractivity contribution in [2.24, 2.45) is 0 Å². The lowest BCUT2D eigenvalue weighted by Crippen LogP contribution is -2.23. The number of nitrogens with one attached hydrogen (secondary N) is 1. The van der Waals surface area contributed by atoms with Gasteiger partial charge in [-0.1, -0.05) is 46.8 Å². The van der Waals surface area contributed by atoms with Gasteiger partial charge in [0.15, 0.2) is 0 Å². The highest BCUT2D eigenvalue weighted by atomic mass is 16.1. The van der Waals surface area contributed by atoms with Crippen molar-refractivity contribution in [3.05, 3.63) is 34.7 Å². The second-order valence-corrected chi connectivity index (χ2v) is 5.54. The van der Waals surface area contributed by atoms with Gasteiger partial charge in [0.25, 0.3) is 0 Å². The van der Waals surface area contributed by atoms with Gasteiger partial charge in [-0.2, -0.15) is 0 Å². The maximum Gasteiger partial charge on any atom is 0.326 e. The van der Waals surface area contributed by atoms with Crippen molar-refractivity contribution in [3.63, 3.8) is 0 Å². The van der Waals surface area contributed by atoms with E-state index in [0.717, 1.165) is 11.0 Å². The zero-order valence-corrected chi connectivity index (χ0v) is 13.3. The number of H-pyrrole nitrogens is 1. The number of benzene rings is 1. The number of imidazole rings is 1. The summed E-state index contributed by atoms with van der Waals surface area (Å²) in [5.41, 5.74) is 1.85. The molecule has 2 aromatic rings. The van der Waals surface area contributed by atoms with Crippen LogP contribution in [0.2, 0.25) is 0 Å². The molecule has 0 unspecified atom stereocenters. The number of fused-ring (bicyclic) bond motifs is 1. The predicted octanol–water partition coefficient (Wildman–Crippen LogP) is 4.50. The van der Waals surface area contributed by atoms with Gasteiger partial charge < -0.3 is 9.88 Å². The van der Waals surface area contributed by atoms with Crippen LogP contribution in [0.4, 0.5) is 0 Å². The Morgan fingerprint density at radius 1 is 0.957 bits per heavy atom. The van der Waals surface area contributed by atoms with Crippen molar-refractivity contribution in [1.29, 1.82) is 0 Å². The molecule has 1 N–H and O–H groups in total. The molecular weight excluding hydrogens is 286 g/mol. The highest BCUT2D eigenvalue weighted by molar-refractivity contribution is 5.74. The zero-order valence-electron chi connectivity index (χ0n) is 13.3. The number of hydrogen-bond donors (Lipinski definition) is 1. The summed E-state index contributed by atoms with van der Waals surface area (Å²) in [6.07, 6.45) is 5.76. The van der Waals surface area contributed by atoms with E-state index in [4.69, 9.17) is 0 Å². The molecule has 0 bridgehead atoms. The molecule has 1 aliphatic rings. The third-order valence-corrected chi connectivity index (χ3v) is 4.14. The molecule has 132 valence electrons. The minimum absolute atomic E-state index is 0. The molecule has 4 heteroatoms. The van der Waals surface area contributed by atoms with Gasteiger partial charge in [-0.3, -0.25) is 4.57 Å². The zero-order chi connectivity index (χ0) is 15.1. The van der Waals surface area contributed by atoms with Crippen molar-refractivity contribution in [2.45, 2.75) is 60.9 Å². The van der Waals surface area contributed by atoms with Gasteiger partial charge in [0, 0.05) is 6.54 Å². The second kappa shape index (κ2) is 11.1. The fourth-order valence-corrected chi connectivity index (χ4v) is 2.87. The van der Waals surface area contributed by atoms with Crippen LogP contribution < -0.4 is 5.69 Å². The largest absolute Gasteiger partial charge is 0.326 e. The van der Waals surface area contributed by atoms with Crippen LogP contribution in [0.5, 0.6) is 0 Å². The Bertz CT molecular complexity index is 592. The van der Waals surface area contributed by atoms with Crippen LogP contribution in [0.15, 0.2) is 29.1 Å². The van der Waals surface area contributed by atoms with Crippen LogP contribution in [-0.4, -0.2) is 34.1 Å². The van der Waals surface area contributed by atoms with Gasteiger partial charge in [-0.15, -0.1) is 0 Å². The Morgan fingerprint density at radius 2 is 1.57 bits per heavy atom. The molecule has 0 amide bonds. The van der Waals surface area contributed by atoms with Gasteiger partial charge >= 0.3 is 5.69 Å². The first-order valence-corrected chi connectivity index (χ1v) is 8.16. The van der Waals surface area contributed by atoms with Crippen LogP contribution in [0.25, 0.3) is 11.0 Å². The molecule has 1 aliphatic heterocycles. The highest BCUT2D eigenvalue weighted by Gasteiger charge is 2.04. The second-order valence-electron chi connectivity index (χ2n) is 5.54. The van der Waals surface area contributed by atoms with Gasteiger partial charge in [-0.25, -0.2) is 4.79 Å². The summed E-state index contributed by atoms with van der Waals surface area (Å²) in [6.45, 7) is 8.86. The number of aromatic nitrogens is 2. The SMILES string of the molecule is C.C.CCN1CCCCCC1.CCn1c(=O)[nH]c2ccccc21. The van der Waals surface area contributed by atoms with E-state index >= 15 is 0 Å². The van der Waals surface area contributed by atoms with E-state index in [0.29, 0.717) is 6.54 Å². The average Bonchev–Trinajstić information content (AvgIpc) is 2.68. The molecule has 0 spiro atoms. The summed E-state index contributed by atoms with van der Waals surface area (Å²) >= 11 is 0. The van der Waals surface area contributed by atoms with Crippen molar-refractivity contribution >= 4 is 11.0 Å². The van der Waals surface area contributed by atoms with Crippen molar-refractivity contribution in [3.8, 4) is 0 Å². The van der Waals surface area contributed by atoms with E-state index in [2.05, 4.69) is 16.8 Å². The molecule has 0 radical (unpaired) electrons. The lowest BCUT2D eigenvalue weighted by atomic mass is 10.2. The van der Waals surface area contributed by atoms with Crippen molar-refractivity contribution in [1.82, 2.24) is 14.5 Å². The molecule has 3 rings (SSSR count). The lowest BCUT2D eigenvalue weighted by molar-refractivity contribution is 0.301. The van der Waals surface area contributed by atoms with E-state index in [1.54, 1.807) is 4.57 Å². The average molecular weight is 322 g/mol. The number of aromatic amines is 1. The summed E-state index contributed by atoms with van der Waals surface area (Å²) in [7, 11) is 0. The number of aryl methyl sites for hydroxylation is 1. The van der Waals surface area contributed by atoms with Crippen LogP contribution in [-0.2, 0) is 6.54 Å². The maximum atomic E-state index is 11.3. The normalized spacial score (nSPS) is 14.9. The molecule has 4 nitrogen and oxygen atoms in total. The van der Waals surface area contributed by atoms with Gasteiger partial charge in [0.05, 0.1) is 11.0 Å². The minimum Gasteiger partial charge on any atom is -0.306 e. The summed E-state index contributed by atoms with van der Waals surface area (Å²) in [6, 6.07) is 7.69. The van der Waals surface area contributed by atoms with E-state index in [1.165, 1.54) is 45.3 Å². The van der Waals surface area contributed by atoms with Crippen LogP contribution >= 0.6 is 0 Å². The molecule has 0 atom stereocenters. The van der Waals surface area contributed by atoms with E-state index in [-0.39, 0.29) is 20.5 Å². The first-order valence-electron chi connectivity index (χ1n) is 8.16. The number of hydrogen-bond acceptors (Lipinski definition) is 2. The Hall–Kier alpha value is -1.55. The first-order chi connectivity index (χ1) is 10.3. The molecule has 23 heavy (non-hydrogen) atoms. The first kappa shape index (κ1) is 21.4. The Kier molecular flexibility index (Phi) is 10.3. The third kappa shape index (κ3) is 5.87. The summed E-state index contributed by atoms with van der Waals surface area (Å²) < 4.78 is 1.72. The summed E-state index contributed by atoms with van der Waals surface area (Å²) in [5.74, 6) is 0. The predicted molar refractivity (Wildman–Crippen MR) is 102 cm³/mol. The molecule has 0 saturated carbocycles. The Labute approximate surface area is 141 Å². The van der Waals surface area contributed by atoms with Gasteiger partial charge in [-0.05, 0) is 51.5 Å². The minimum atomic E-state index is -0.0290. The molecule has 0 aliphatic carbocycles. The lowest BCUT2D eigenvalue weighted by Gasteiger charge is -2.15. The van der Waals surface area contributed by atoms with Crippen LogP contribution in [0.3, 0.4) is 0 Å². The summed E-state index contributed by atoms with van der Waals surface area (Å²) in [4.78, 5) is 16.6. The van der Waals surface area contributed by atoms with Gasteiger partial charge in [0.2, 0.25) is 0 Å². The number of likely N-dealkylation sites (tertiary alicyclic amines) is 1.